The van der Waals surface area contributed by atoms with E-state index < -0.39 is 10.0 Å². The summed E-state index contributed by atoms with van der Waals surface area (Å²) in [6.45, 7) is 7.43. The molecule has 0 spiro atoms. The van der Waals surface area contributed by atoms with Gasteiger partial charge in [-0.2, -0.15) is 0 Å². The first-order chi connectivity index (χ1) is 14.7. The molecule has 1 N–H and O–H groups in total. The smallest absolute Gasteiger partial charge is 0.232 e. The van der Waals surface area contributed by atoms with Crippen LogP contribution in [0.2, 0.25) is 0 Å². The maximum absolute atomic E-state index is 12.2. The van der Waals surface area contributed by atoms with Gasteiger partial charge in [-0.15, -0.1) is 0 Å². The Morgan fingerprint density at radius 1 is 1.03 bits per heavy atom. The number of carbonyl (C=O) groups excluding carboxylic acids is 1. The molecule has 0 aliphatic heterocycles. The number of sulfonamides is 1. The fourth-order valence-corrected chi connectivity index (χ4v) is 4.24. The molecule has 0 bridgehead atoms. The third kappa shape index (κ3) is 8.25. The Bertz CT molecular complexity index is 956. The van der Waals surface area contributed by atoms with Crippen LogP contribution in [-0.4, -0.2) is 40.3 Å². The maximum Gasteiger partial charge on any atom is 0.232 e. The van der Waals surface area contributed by atoms with Crippen molar-refractivity contribution in [2.75, 3.05) is 30.3 Å². The number of carbonyl (C=O) groups is 1. The van der Waals surface area contributed by atoms with Crippen LogP contribution in [0.15, 0.2) is 42.5 Å². The highest BCUT2D eigenvalue weighted by atomic mass is 32.2. The van der Waals surface area contributed by atoms with E-state index in [1.165, 1.54) is 16.1 Å². The highest BCUT2D eigenvalue weighted by Crippen LogP contribution is 2.21. The van der Waals surface area contributed by atoms with Crippen LogP contribution in [0.3, 0.4) is 0 Å². The van der Waals surface area contributed by atoms with Crippen LogP contribution in [0, 0.1) is 13.8 Å². The van der Waals surface area contributed by atoms with E-state index >= 15 is 0 Å². The zero-order valence-corrected chi connectivity index (χ0v) is 19.8. The van der Waals surface area contributed by atoms with Gasteiger partial charge in [-0.05, 0) is 81.0 Å². The number of nitrogens with zero attached hydrogens (tertiary/aromatic N) is 1. The van der Waals surface area contributed by atoms with Gasteiger partial charge in [0.15, 0.2) is 0 Å². The minimum atomic E-state index is -3.41. The van der Waals surface area contributed by atoms with Gasteiger partial charge in [0.25, 0.3) is 0 Å². The Labute approximate surface area is 186 Å². The second-order valence-electron chi connectivity index (χ2n) is 7.74. The van der Waals surface area contributed by atoms with Gasteiger partial charge >= 0.3 is 0 Å². The SMILES string of the molecule is CCOc1ccc(CCCNC(=O)CCCN(c2ccc(C)c(C)c2)S(C)(=O)=O)cc1. The fourth-order valence-electron chi connectivity index (χ4n) is 3.28. The van der Waals surface area contributed by atoms with Gasteiger partial charge in [0.05, 0.1) is 18.6 Å². The Hall–Kier alpha value is -2.54. The first-order valence-corrected chi connectivity index (χ1v) is 12.6. The van der Waals surface area contributed by atoms with Gasteiger partial charge in [-0.25, -0.2) is 8.42 Å². The minimum absolute atomic E-state index is 0.0553. The predicted molar refractivity (Wildman–Crippen MR) is 126 cm³/mol. The van der Waals surface area contributed by atoms with Crippen LogP contribution in [-0.2, 0) is 21.2 Å². The molecular formula is C24H34N2O4S. The topological polar surface area (TPSA) is 75.7 Å². The van der Waals surface area contributed by atoms with E-state index in [4.69, 9.17) is 4.74 Å². The van der Waals surface area contributed by atoms with Gasteiger partial charge in [0.2, 0.25) is 15.9 Å². The molecule has 2 aromatic carbocycles. The van der Waals surface area contributed by atoms with E-state index in [2.05, 4.69) is 5.32 Å². The minimum Gasteiger partial charge on any atom is -0.494 e. The van der Waals surface area contributed by atoms with Gasteiger partial charge in [0, 0.05) is 19.5 Å². The molecule has 0 aliphatic rings. The number of hydrogen-bond acceptors (Lipinski definition) is 4. The largest absolute Gasteiger partial charge is 0.494 e. The normalized spacial score (nSPS) is 11.2. The van der Waals surface area contributed by atoms with Crippen molar-refractivity contribution in [3.63, 3.8) is 0 Å². The molecule has 7 heteroatoms. The van der Waals surface area contributed by atoms with E-state index in [0.29, 0.717) is 31.7 Å². The van der Waals surface area contributed by atoms with Crippen molar-refractivity contribution in [3.8, 4) is 5.75 Å². The summed E-state index contributed by atoms with van der Waals surface area (Å²) in [7, 11) is -3.41. The summed E-state index contributed by atoms with van der Waals surface area (Å²) in [5.74, 6) is 0.809. The molecule has 6 nitrogen and oxygen atoms in total. The summed E-state index contributed by atoms with van der Waals surface area (Å²) in [6, 6.07) is 13.6. The average Bonchev–Trinajstić information content (AvgIpc) is 2.71. The average molecular weight is 447 g/mol. The summed E-state index contributed by atoms with van der Waals surface area (Å²) >= 11 is 0. The molecule has 0 unspecified atom stereocenters. The van der Waals surface area contributed by atoms with E-state index in [9.17, 15) is 13.2 Å². The molecular weight excluding hydrogens is 412 g/mol. The third-order valence-electron chi connectivity index (χ3n) is 5.14. The maximum atomic E-state index is 12.2. The van der Waals surface area contributed by atoms with Crippen LogP contribution in [0.1, 0.15) is 42.9 Å². The lowest BCUT2D eigenvalue weighted by molar-refractivity contribution is -0.121. The number of benzene rings is 2. The molecule has 0 saturated heterocycles. The summed E-state index contributed by atoms with van der Waals surface area (Å²) in [4.78, 5) is 12.1. The lowest BCUT2D eigenvalue weighted by Gasteiger charge is -2.23. The second kappa shape index (κ2) is 11.7. The van der Waals surface area contributed by atoms with Crippen molar-refractivity contribution in [3.05, 3.63) is 59.2 Å². The highest BCUT2D eigenvalue weighted by Gasteiger charge is 2.18. The number of aryl methyl sites for hydroxylation is 3. The number of hydrogen-bond donors (Lipinski definition) is 1. The van der Waals surface area contributed by atoms with Crippen LogP contribution in [0.25, 0.3) is 0 Å². The molecule has 0 atom stereocenters. The molecule has 0 radical (unpaired) electrons. The van der Waals surface area contributed by atoms with Crippen molar-refractivity contribution in [1.29, 1.82) is 0 Å². The van der Waals surface area contributed by atoms with Crippen molar-refractivity contribution in [2.45, 2.75) is 46.5 Å². The highest BCUT2D eigenvalue weighted by molar-refractivity contribution is 7.92. The number of anilines is 1. The molecule has 0 fully saturated rings. The van der Waals surface area contributed by atoms with Crippen molar-refractivity contribution >= 4 is 21.6 Å². The van der Waals surface area contributed by atoms with Crippen LogP contribution in [0.5, 0.6) is 5.75 Å². The Kier molecular flexibility index (Phi) is 9.37. The van der Waals surface area contributed by atoms with Crippen molar-refractivity contribution < 1.29 is 17.9 Å². The molecule has 2 rings (SSSR count). The molecule has 1 amide bonds. The molecule has 0 saturated carbocycles. The van der Waals surface area contributed by atoms with Gasteiger partial charge in [-0.3, -0.25) is 9.10 Å². The van der Waals surface area contributed by atoms with E-state index in [1.54, 1.807) is 0 Å². The summed E-state index contributed by atoms with van der Waals surface area (Å²) in [6.07, 6.45) is 3.67. The summed E-state index contributed by atoms with van der Waals surface area (Å²) in [5, 5.41) is 2.92. The van der Waals surface area contributed by atoms with Crippen LogP contribution in [0.4, 0.5) is 5.69 Å². The Morgan fingerprint density at radius 3 is 2.35 bits per heavy atom. The van der Waals surface area contributed by atoms with E-state index in [0.717, 1.165) is 29.7 Å². The molecule has 170 valence electrons. The quantitative estimate of drug-likeness (QED) is 0.500. The zero-order valence-electron chi connectivity index (χ0n) is 19.0. The first-order valence-electron chi connectivity index (χ1n) is 10.7. The fraction of sp³-hybridized carbons (Fsp3) is 0.458. The lowest BCUT2D eigenvalue weighted by Crippen LogP contribution is -2.32. The predicted octanol–water partition coefficient (Wildman–Crippen LogP) is 4.00. The standard InChI is InChI=1S/C24H34N2O4S/c1-5-30-23-14-11-21(12-15-23)8-6-16-25-24(27)9-7-17-26(31(4,28)29)22-13-10-19(2)20(3)18-22/h10-15,18H,5-9,16-17H2,1-4H3,(H,25,27). The zero-order chi connectivity index (χ0) is 22.9. The summed E-state index contributed by atoms with van der Waals surface area (Å²) in [5.41, 5.74) is 3.99. The summed E-state index contributed by atoms with van der Waals surface area (Å²) < 4.78 is 31.3. The Morgan fingerprint density at radius 2 is 1.74 bits per heavy atom. The lowest BCUT2D eigenvalue weighted by atomic mass is 10.1. The molecule has 0 aromatic heterocycles. The van der Waals surface area contributed by atoms with Gasteiger partial charge < -0.3 is 10.1 Å². The van der Waals surface area contributed by atoms with E-state index in [1.807, 2.05) is 63.2 Å². The molecule has 31 heavy (non-hydrogen) atoms. The van der Waals surface area contributed by atoms with Gasteiger partial charge in [0.1, 0.15) is 5.75 Å². The van der Waals surface area contributed by atoms with Crippen molar-refractivity contribution in [2.24, 2.45) is 0 Å². The van der Waals surface area contributed by atoms with E-state index in [-0.39, 0.29) is 12.5 Å². The molecule has 0 aliphatic carbocycles. The second-order valence-corrected chi connectivity index (χ2v) is 9.64. The van der Waals surface area contributed by atoms with Crippen LogP contribution < -0.4 is 14.4 Å². The van der Waals surface area contributed by atoms with Crippen LogP contribution >= 0.6 is 0 Å². The number of rotatable bonds is 12. The number of amides is 1. The molecule has 2 aromatic rings. The monoisotopic (exact) mass is 446 g/mol. The van der Waals surface area contributed by atoms with Gasteiger partial charge in [-0.1, -0.05) is 18.2 Å². The van der Waals surface area contributed by atoms with Crippen molar-refractivity contribution in [1.82, 2.24) is 5.32 Å². The first kappa shape index (κ1) is 24.7. The molecule has 0 heterocycles. The third-order valence-corrected chi connectivity index (χ3v) is 6.34. The Balaban J connectivity index is 1.74. The number of nitrogens with one attached hydrogen (secondary N) is 1. The number of ether oxygens (including phenoxy) is 1.